The highest BCUT2D eigenvalue weighted by Crippen LogP contribution is 2.32. The van der Waals surface area contributed by atoms with Crippen LogP contribution in [-0.4, -0.2) is 31.0 Å². The third kappa shape index (κ3) is 4.07. The van der Waals surface area contributed by atoms with Crippen LogP contribution in [0.15, 0.2) is 46.4 Å². The number of nitrogens with zero attached hydrogens (tertiary/aromatic N) is 2. The van der Waals surface area contributed by atoms with Gasteiger partial charge in [-0.15, -0.1) is 0 Å². The molecule has 0 aromatic heterocycles. The van der Waals surface area contributed by atoms with Gasteiger partial charge in [-0.3, -0.25) is 19.8 Å². The van der Waals surface area contributed by atoms with Gasteiger partial charge in [-0.25, -0.2) is 0 Å². The lowest BCUT2D eigenvalue weighted by molar-refractivity contribution is -0.122. The van der Waals surface area contributed by atoms with Crippen molar-refractivity contribution in [2.24, 2.45) is 0 Å². The number of carbonyl (C=O) groups excluding carboxylic acids is 2. The summed E-state index contributed by atoms with van der Waals surface area (Å²) in [5.41, 5.74) is 1.95. The Labute approximate surface area is 186 Å². The van der Waals surface area contributed by atoms with Crippen LogP contribution in [0, 0.1) is 0 Å². The van der Waals surface area contributed by atoms with E-state index in [1.165, 1.54) is 17.0 Å². The highest BCUT2D eigenvalue weighted by atomic mass is 79.9. The fourth-order valence-electron chi connectivity index (χ4n) is 2.68. The van der Waals surface area contributed by atoms with Gasteiger partial charge < -0.3 is 4.90 Å². The Morgan fingerprint density at radius 3 is 2.46 bits per heavy atom. The molecule has 0 unspecified atom stereocenters. The molecule has 1 heterocycles. The molecule has 9 heteroatoms. The summed E-state index contributed by atoms with van der Waals surface area (Å²) in [6, 6.07) is 10.2. The first kappa shape index (κ1) is 20.8. The summed E-state index contributed by atoms with van der Waals surface area (Å²) in [5.74, 6) is -1.13. The molecule has 2 aromatic rings. The van der Waals surface area contributed by atoms with Crippen molar-refractivity contribution in [1.29, 1.82) is 0 Å². The Hall–Kier alpha value is -1.93. The van der Waals surface area contributed by atoms with Crippen LogP contribution in [0.25, 0.3) is 6.08 Å². The standard InChI is InChI=1S/C19H14BrCl2N3O2S/c1-24(2)15-5-3-10(8-13(15)20)7-12-17(26)23-19(28)25(18(12)27)16-6-4-11(21)9-14(16)22/h3-9H,1-2H3,(H,23,26,28)/b12-7+. The van der Waals surface area contributed by atoms with E-state index in [2.05, 4.69) is 21.2 Å². The average Bonchev–Trinajstić information content (AvgIpc) is 2.60. The van der Waals surface area contributed by atoms with Crippen LogP contribution in [0.2, 0.25) is 10.0 Å². The van der Waals surface area contributed by atoms with Gasteiger partial charge in [0.2, 0.25) is 0 Å². The van der Waals surface area contributed by atoms with Crippen molar-refractivity contribution in [1.82, 2.24) is 5.32 Å². The van der Waals surface area contributed by atoms with E-state index in [-0.39, 0.29) is 15.7 Å². The number of hydrogen-bond acceptors (Lipinski definition) is 4. The Morgan fingerprint density at radius 2 is 1.86 bits per heavy atom. The van der Waals surface area contributed by atoms with Crippen LogP contribution in [0.4, 0.5) is 11.4 Å². The monoisotopic (exact) mass is 497 g/mol. The van der Waals surface area contributed by atoms with E-state index >= 15 is 0 Å². The topological polar surface area (TPSA) is 52.7 Å². The van der Waals surface area contributed by atoms with Gasteiger partial charge in [-0.1, -0.05) is 29.3 Å². The number of nitrogens with one attached hydrogen (secondary N) is 1. The minimum Gasteiger partial charge on any atom is -0.377 e. The second kappa shape index (κ2) is 8.21. The second-order valence-electron chi connectivity index (χ2n) is 6.16. The SMILES string of the molecule is CN(C)c1ccc(/C=C2\C(=O)NC(=S)N(c3ccc(Cl)cc3Cl)C2=O)cc1Br. The van der Waals surface area contributed by atoms with Crippen LogP contribution in [-0.2, 0) is 9.59 Å². The van der Waals surface area contributed by atoms with Crippen LogP contribution < -0.4 is 15.1 Å². The van der Waals surface area contributed by atoms with Gasteiger partial charge in [0.25, 0.3) is 11.8 Å². The van der Waals surface area contributed by atoms with E-state index in [4.69, 9.17) is 35.4 Å². The fourth-order valence-corrected chi connectivity index (χ4v) is 4.20. The largest absolute Gasteiger partial charge is 0.377 e. The molecule has 1 aliphatic rings. The van der Waals surface area contributed by atoms with E-state index in [1.54, 1.807) is 12.1 Å². The molecule has 0 atom stereocenters. The normalized spacial score (nSPS) is 15.8. The summed E-state index contributed by atoms with van der Waals surface area (Å²) < 4.78 is 0.837. The van der Waals surface area contributed by atoms with Gasteiger partial charge in [0.05, 0.1) is 16.4 Å². The lowest BCUT2D eigenvalue weighted by Gasteiger charge is -2.29. The second-order valence-corrected chi connectivity index (χ2v) is 8.24. The number of thiocarbonyl (C=S) groups is 1. The van der Waals surface area contributed by atoms with Crippen LogP contribution in [0.3, 0.4) is 0 Å². The smallest absolute Gasteiger partial charge is 0.270 e. The lowest BCUT2D eigenvalue weighted by Crippen LogP contribution is -2.54. The average molecular weight is 499 g/mol. The number of carbonyl (C=O) groups is 2. The summed E-state index contributed by atoms with van der Waals surface area (Å²) in [6.07, 6.45) is 1.51. The quantitative estimate of drug-likeness (QED) is 0.380. The van der Waals surface area contributed by atoms with Crippen LogP contribution in [0.1, 0.15) is 5.56 Å². The van der Waals surface area contributed by atoms with E-state index in [1.807, 2.05) is 37.2 Å². The zero-order valence-corrected chi connectivity index (χ0v) is 18.7. The van der Waals surface area contributed by atoms with E-state index in [0.29, 0.717) is 16.3 Å². The predicted molar refractivity (Wildman–Crippen MR) is 121 cm³/mol. The molecule has 3 rings (SSSR count). The third-order valence-electron chi connectivity index (χ3n) is 4.02. The van der Waals surface area contributed by atoms with Crippen molar-refractivity contribution in [2.75, 3.05) is 23.9 Å². The molecule has 0 saturated carbocycles. The molecule has 0 bridgehead atoms. The number of benzene rings is 2. The molecule has 0 radical (unpaired) electrons. The molecule has 28 heavy (non-hydrogen) atoms. The first-order valence-electron chi connectivity index (χ1n) is 8.02. The van der Waals surface area contributed by atoms with E-state index in [0.717, 1.165) is 10.2 Å². The maximum atomic E-state index is 13.0. The summed E-state index contributed by atoms with van der Waals surface area (Å²) in [7, 11) is 3.84. The van der Waals surface area contributed by atoms with Crippen molar-refractivity contribution in [3.63, 3.8) is 0 Å². The van der Waals surface area contributed by atoms with Crippen molar-refractivity contribution < 1.29 is 9.59 Å². The first-order valence-corrected chi connectivity index (χ1v) is 9.98. The van der Waals surface area contributed by atoms with Gasteiger partial charge >= 0.3 is 0 Å². The third-order valence-corrected chi connectivity index (χ3v) is 5.47. The molecule has 1 saturated heterocycles. The molecule has 5 nitrogen and oxygen atoms in total. The van der Waals surface area contributed by atoms with Gasteiger partial charge in [0, 0.05) is 23.6 Å². The molecular formula is C19H14BrCl2N3O2S. The van der Waals surface area contributed by atoms with E-state index in [9.17, 15) is 9.59 Å². The van der Waals surface area contributed by atoms with Gasteiger partial charge in [0.15, 0.2) is 5.11 Å². The van der Waals surface area contributed by atoms with Gasteiger partial charge in [-0.05, 0) is 70.1 Å². The molecular weight excluding hydrogens is 485 g/mol. The molecule has 2 aromatic carbocycles. The van der Waals surface area contributed by atoms with Crippen molar-refractivity contribution in [3.05, 3.63) is 62.1 Å². The Morgan fingerprint density at radius 1 is 1.14 bits per heavy atom. The Kier molecular flexibility index (Phi) is 6.09. The minimum atomic E-state index is -0.566. The van der Waals surface area contributed by atoms with Crippen LogP contribution >= 0.6 is 51.3 Å². The number of rotatable bonds is 3. The number of hydrogen-bond donors (Lipinski definition) is 1. The predicted octanol–water partition coefficient (Wildman–Crippen LogP) is 4.65. The van der Waals surface area contributed by atoms with Gasteiger partial charge in [-0.2, -0.15) is 0 Å². The molecule has 1 fully saturated rings. The highest BCUT2D eigenvalue weighted by molar-refractivity contribution is 9.10. The van der Waals surface area contributed by atoms with E-state index < -0.39 is 11.8 Å². The van der Waals surface area contributed by atoms with Crippen LogP contribution in [0.5, 0.6) is 0 Å². The number of halogens is 3. The van der Waals surface area contributed by atoms with Gasteiger partial charge in [0.1, 0.15) is 5.57 Å². The molecule has 0 spiro atoms. The summed E-state index contributed by atoms with van der Waals surface area (Å²) >= 11 is 20.8. The van der Waals surface area contributed by atoms with Crippen molar-refractivity contribution >= 4 is 85.7 Å². The molecule has 144 valence electrons. The molecule has 2 amide bonds. The highest BCUT2D eigenvalue weighted by Gasteiger charge is 2.35. The van der Waals surface area contributed by atoms with Crippen molar-refractivity contribution in [2.45, 2.75) is 0 Å². The summed E-state index contributed by atoms with van der Waals surface area (Å²) in [6.45, 7) is 0. The zero-order valence-electron chi connectivity index (χ0n) is 14.8. The Bertz CT molecular complexity index is 1040. The molecule has 1 aliphatic heterocycles. The number of amides is 2. The lowest BCUT2D eigenvalue weighted by atomic mass is 10.1. The first-order chi connectivity index (χ1) is 13.2. The minimum absolute atomic E-state index is 0.0412. The maximum Gasteiger partial charge on any atom is 0.270 e. The fraction of sp³-hybridized carbons (Fsp3) is 0.105. The summed E-state index contributed by atoms with van der Waals surface area (Å²) in [4.78, 5) is 28.6. The zero-order chi connectivity index (χ0) is 20.6. The molecule has 0 aliphatic carbocycles. The molecule has 1 N–H and O–H groups in total. The number of anilines is 2. The van der Waals surface area contributed by atoms with Crippen molar-refractivity contribution in [3.8, 4) is 0 Å². The Balaban J connectivity index is 2.02. The maximum absolute atomic E-state index is 13.0. The summed E-state index contributed by atoms with van der Waals surface area (Å²) in [5, 5.41) is 3.16.